The van der Waals surface area contributed by atoms with Gasteiger partial charge in [0.05, 0.1) is 29.1 Å². The van der Waals surface area contributed by atoms with Crippen LogP contribution >= 0.6 is 11.6 Å². The molecule has 1 aliphatic rings. The number of nitrogens with zero attached hydrogens (tertiary/aromatic N) is 3. The molecule has 0 bridgehead atoms. The van der Waals surface area contributed by atoms with Crippen molar-refractivity contribution < 1.29 is 5.11 Å². The van der Waals surface area contributed by atoms with Crippen LogP contribution < -0.4 is 0 Å². The Morgan fingerprint density at radius 3 is 2.95 bits per heavy atom. The van der Waals surface area contributed by atoms with E-state index in [0.717, 1.165) is 47.8 Å². The highest BCUT2D eigenvalue weighted by molar-refractivity contribution is 6.31. The van der Waals surface area contributed by atoms with E-state index in [1.807, 2.05) is 11.6 Å². The van der Waals surface area contributed by atoms with Crippen LogP contribution in [0.25, 0.3) is 0 Å². The smallest absolute Gasteiger partial charge is 0.0865 e. The zero-order chi connectivity index (χ0) is 14.3. The number of aromatic nitrogens is 3. The fourth-order valence-corrected chi connectivity index (χ4v) is 3.20. The zero-order valence-corrected chi connectivity index (χ0v) is 12.7. The van der Waals surface area contributed by atoms with E-state index in [9.17, 15) is 5.11 Å². The van der Waals surface area contributed by atoms with Gasteiger partial charge >= 0.3 is 0 Å². The summed E-state index contributed by atoms with van der Waals surface area (Å²) in [6, 6.07) is 0. The van der Waals surface area contributed by atoms with Crippen LogP contribution in [-0.4, -0.2) is 19.5 Å². The molecule has 0 aromatic carbocycles. The van der Waals surface area contributed by atoms with Crippen LogP contribution in [0.2, 0.25) is 5.02 Å². The average Bonchev–Trinajstić information content (AvgIpc) is 2.96. The molecule has 0 saturated heterocycles. The van der Waals surface area contributed by atoms with Gasteiger partial charge in [-0.15, -0.1) is 0 Å². The van der Waals surface area contributed by atoms with Crippen LogP contribution in [0, 0.1) is 6.92 Å². The number of hydrogen-bond acceptors (Lipinski definition) is 2. The number of aryl methyl sites for hydroxylation is 3. The predicted octanol–water partition coefficient (Wildman–Crippen LogP) is 3.08. The number of aliphatic hydroxyl groups is 1. The second-order valence-electron chi connectivity index (χ2n) is 5.48. The maximum Gasteiger partial charge on any atom is 0.0865 e. The summed E-state index contributed by atoms with van der Waals surface area (Å²) in [7, 11) is 0. The Kier molecular flexibility index (Phi) is 3.61. The van der Waals surface area contributed by atoms with Crippen molar-refractivity contribution in [3.05, 3.63) is 39.9 Å². The van der Waals surface area contributed by atoms with Gasteiger partial charge in [-0.1, -0.05) is 11.6 Å². The maximum absolute atomic E-state index is 10.0. The van der Waals surface area contributed by atoms with Gasteiger partial charge in [0.1, 0.15) is 0 Å². The van der Waals surface area contributed by atoms with Crippen molar-refractivity contribution in [3.8, 4) is 0 Å². The summed E-state index contributed by atoms with van der Waals surface area (Å²) in [5, 5.41) is 15.2. The van der Waals surface area contributed by atoms with Gasteiger partial charge in [-0.25, -0.2) is 0 Å². The number of aliphatic hydroxyl groups excluding tert-OH is 1. The van der Waals surface area contributed by atoms with Crippen LogP contribution in [0.5, 0.6) is 0 Å². The van der Waals surface area contributed by atoms with Gasteiger partial charge in [-0.3, -0.25) is 4.68 Å². The Labute approximate surface area is 124 Å². The lowest BCUT2D eigenvalue weighted by Crippen LogP contribution is -2.07. The highest BCUT2D eigenvalue weighted by Gasteiger charge is 2.21. The van der Waals surface area contributed by atoms with Gasteiger partial charge in [0, 0.05) is 24.5 Å². The van der Waals surface area contributed by atoms with Gasteiger partial charge in [-0.2, -0.15) is 5.10 Å². The van der Waals surface area contributed by atoms with E-state index < -0.39 is 0 Å². The number of rotatable bonds is 3. The van der Waals surface area contributed by atoms with Gasteiger partial charge in [-0.05, 0) is 38.7 Å². The molecule has 1 atom stereocenters. The molecular weight excluding hydrogens is 274 g/mol. The SMILES string of the molecule is CCn1nc(C)c(Cl)c1Cn1cc2c(c1)C(O)CCC2. The van der Waals surface area contributed by atoms with E-state index in [1.165, 1.54) is 5.56 Å². The first-order chi connectivity index (χ1) is 9.60. The Balaban J connectivity index is 1.92. The molecule has 4 nitrogen and oxygen atoms in total. The third kappa shape index (κ3) is 2.27. The number of hydrogen-bond donors (Lipinski definition) is 1. The van der Waals surface area contributed by atoms with Gasteiger partial charge < -0.3 is 9.67 Å². The fraction of sp³-hybridized carbons (Fsp3) is 0.533. The van der Waals surface area contributed by atoms with Gasteiger partial charge in [0.25, 0.3) is 0 Å². The van der Waals surface area contributed by atoms with Gasteiger partial charge in [0.15, 0.2) is 0 Å². The van der Waals surface area contributed by atoms with E-state index >= 15 is 0 Å². The summed E-state index contributed by atoms with van der Waals surface area (Å²) in [4.78, 5) is 0. The lowest BCUT2D eigenvalue weighted by molar-refractivity contribution is 0.157. The minimum absolute atomic E-state index is 0.312. The third-order valence-electron chi connectivity index (χ3n) is 4.07. The average molecular weight is 294 g/mol. The molecule has 20 heavy (non-hydrogen) atoms. The molecule has 0 saturated carbocycles. The highest BCUT2D eigenvalue weighted by atomic mass is 35.5. The molecular formula is C15H20ClN3O. The highest BCUT2D eigenvalue weighted by Crippen LogP contribution is 2.31. The molecule has 1 N–H and O–H groups in total. The quantitative estimate of drug-likeness (QED) is 0.945. The van der Waals surface area contributed by atoms with E-state index in [2.05, 4.69) is 29.0 Å². The predicted molar refractivity (Wildman–Crippen MR) is 79.1 cm³/mol. The molecule has 0 fully saturated rings. The van der Waals surface area contributed by atoms with Crippen molar-refractivity contribution in [1.29, 1.82) is 0 Å². The van der Waals surface area contributed by atoms with Crippen molar-refractivity contribution in [2.24, 2.45) is 0 Å². The Morgan fingerprint density at radius 1 is 1.45 bits per heavy atom. The zero-order valence-electron chi connectivity index (χ0n) is 11.9. The second kappa shape index (κ2) is 5.26. The fourth-order valence-electron chi connectivity index (χ4n) is 3.01. The molecule has 3 rings (SSSR count). The third-order valence-corrected chi connectivity index (χ3v) is 4.56. The molecule has 0 radical (unpaired) electrons. The normalized spacial score (nSPS) is 18.3. The molecule has 2 aromatic rings. The van der Waals surface area contributed by atoms with E-state index in [0.29, 0.717) is 6.54 Å². The van der Waals surface area contributed by atoms with Crippen molar-refractivity contribution >= 4 is 11.6 Å². The molecule has 2 heterocycles. The molecule has 108 valence electrons. The molecule has 1 unspecified atom stereocenters. The molecule has 5 heteroatoms. The van der Waals surface area contributed by atoms with Crippen LogP contribution in [-0.2, 0) is 19.5 Å². The molecule has 0 aliphatic heterocycles. The minimum Gasteiger partial charge on any atom is -0.388 e. The Hall–Kier alpha value is -1.26. The summed E-state index contributed by atoms with van der Waals surface area (Å²) in [5.74, 6) is 0. The van der Waals surface area contributed by atoms with Crippen molar-refractivity contribution in [1.82, 2.24) is 14.3 Å². The van der Waals surface area contributed by atoms with Crippen LogP contribution in [0.3, 0.4) is 0 Å². The van der Waals surface area contributed by atoms with Crippen LogP contribution in [0.1, 0.15) is 48.4 Å². The van der Waals surface area contributed by atoms with Crippen molar-refractivity contribution in [2.45, 2.75) is 52.3 Å². The summed E-state index contributed by atoms with van der Waals surface area (Å²) >= 11 is 6.35. The minimum atomic E-state index is -0.312. The number of fused-ring (bicyclic) bond motifs is 1. The molecule has 1 aliphatic carbocycles. The number of halogens is 1. The van der Waals surface area contributed by atoms with E-state index in [-0.39, 0.29) is 6.10 Å². The Morgan fingerprint density at radius 2 is 2.25 bits per heavy atom. The first-order valence-electron chi connectivity index (χ1n) is 7.18. The molecule has 0 amide bonds. The van der Waals surface area contributed by atoms with Crippen molar-refractivity contribution in [3.63, 3.8) is 0 Å². The first kappa shape index (κ1) is 13.7. The van der Waals surface area contributed by atoms with E-state index in [4.69, 9.17) is 11.6 Å². The van der Waals surface area contributed by atoms with Gasteiger partial charge in [0.2, 0.25) is 0 Å². The maximum atomic E-state index is 10.0. The molecule has 2 aromatic heterocycles. The largest absolute Gasteiger partial charge is 0.388 e. The Bertz CT molecular complexity index is 629. The lowest BCUT2D eigenvalue weighted by Gasteiger charge is -2.16. The van der Waals surface area contributed by atoms with Crippen LogP contribution in [0.15, 0.2) is 12.4 Å². The summed E-state index contributed by atoms with van der Waals surface area (Å²) < 4.78 is 4.07. The summed E-state index contributed by atoms with van der Waals surface area (Å²) in [5.41, 5.74) is 4.25. The lowest BCUT2D eigenvalue weighted by atomic mass is 9.93. The monoisotopic (exact) mass is 293 g/mol. The standard InChI is InChI=1S/C15H20ClN3O/c1-3-19-13(15(16)10(2)17-19)9-18-7-11-5-4-6-14(20)12(11)8-18/h7-8,14,20H,3-6,9H2,1-2H3. The summed E-state index contributed by atoms with van der Waals surface area (Å²) in [6.45, 7) is 5.51. The second-order valence-corrected chi connectivity index (χ2v) is 5.86. The molecule has 0 spiro atoms. The van der Waals surface area contributed by atoms with Crippen molar-refractivity contribution in [2.75, 3.05) is 0 Å². The van der Waals surface area contributed by atoms with E-state index in [1.54, 1.807) is 0 Å². The summed E-state index contributed by atoms with van der Waals surface area (Å²) in [6.07, 6.45) is 6.86. The van der Waals surface area contributed by atoms with Crippen LogP contribution in [0.4, 0.5) is 0 Å². The topological polar surface area (TPSA) is 43.0 Å². The first-order valence-corrected chi connectivity index (χ1v) is 7.56.